The third-order valence-electron chi connectivity index (χ3n) is 4.28. The molecular weight excluding hydrogens is 258 g/mol. The molecule has 2 aromatic heterocycles. The van der Waals surface area contributed by atoms with Gasteiger partial charge in [0, 0.05) is 35.5 Å². The molecule has 0 radical (unpaired) electrons. The van der Waals surface area contributed by atoms with Crippen LogP contribution >= 0.6 is 0 Å². The van der Waals surface area contributed by atoms with Crippen LogP contribution in [0.15, 0.2) is 48.9 Å². The van der Waals surface area contributed by atoms with Crippen molar-refractivity contribution in [2.24, 2.45) is 5.73 Å². The fraction of sp³-hybridized carbons (Fsp3) is 0.278. The molecule has 1 aliphatic rings. The van der Waals surface area contributed by atoms with Gasteiger partial charge in [0.25, 0.3) is 0 Å². The molecule has 3 heteroatoms. The van der Waals surface area contributed by atoms with E-state index in [0.717, 1.165) is 6.42 Å². The van der Waals surface area contributed by atoms with Crippen LogP contribution in [-0.2, 0) is 6.42 Å². The first-order valence-corrected chi connectivity index (χ1v) is 7.61. The van der Waals surface area contributed by atoms with E-state index in [1.54, 1.807) is 0 Å². The lowest BCUT2D eigenvalue weighted by Gasteiger charge is -2.05. The van der Waals surface area contributed by atoms with Crippen LogP contribution in [0.1, 0.15) is 24.4 Å². The average Bonchev–Trinajstić information content (AvgIpc) is 3.32. The van der Waals surface area contributed by atoms with Gasteiger partial charge in [0.15, 0.2) is 0 Å². The predicted octanol–water partition coefficient (Wildman–Crippen LogP) is 3.54. The highest BCUT2D eigenvalue weighted by Crippen LogP contribution is 2.40. The Morgan fingerprint density at radius 2 is 1.90 bits per heavy atom. The summed E-state index contributed by atoms with van der Waals surface area (Å²) in [5, 5.41) is 1.35. The Hall–Kier alpha value is -2.13. The van der Waals surface area contributed by atoms with E-state index in [1.807, 2.05) is 12.4 Å². The second-order valence-corrected chi connectivity index (χ2v) is 5.80. The standard InChI is InChI=1S/C18H19N3/c19-8-5-15-12-21(16-2-3-16)18-11-14(1-4-17(15)18)13-6-9-20-10-7-13/h1,4,6-7,9-12,16H,2-3,5,8,19H2. The molecule has 2 N–H and O–H groups in total. The average molecular weight is 277 g/mol. The first-order valence-electron chi connectivity index (χ1n) is 7.61. The fourth-order valence-electron chi connectivity index (χ4n) is 3.06. The maximum absolute atomic E-state index is 5.76. The molecule has 1 fully saturated rings. The molecular formula is C18H19N3. The first kappa shape index (κ1) is 12.6. The minimum atomic E-state index is 0.687. The second kappa shape index (κ2) is 5.01. The number of benzene rings is 1. The summed E-state index contributed by atoms with van der Waals surface area (Å²) in [5.74, 6) is 0. The molecule has 3 aromatic rings. The van der Waals surface area contributed by atoms with Crippen LogP contribution in [0.3, 0.4) is 0 Å². The summed E-state index contributed by atoms with van der Waals surface area (Å²) in [4.78, 5) is 4.10. The highest BCUT2D eigenvalue weighted by molar-refractivity contribution is 5.88. The zero-order valence-corrected chi connectivity index (χ0v) is 12.0. The van der Waals surface area contributed by atoms with Crippen molar-refractivity contribution in [2.45, 2.75) is 25.3 Å². The lowest BCUT2D eigenvalue weighted by molar-refractivity contribution is 0.770. The van der Waals surface area contributed by atoms with Gasteiger partial charge in [0.1, 0.15) is 0 Å². The summed E-state index contributed by atoms with van der Waals surface area (Å²) in [6.45, 7) is 0.704. The maximum atomic E-state index is 5.76. The number of hydrogen-bond donors (Lipinski definition) is 1. The second-order valence-electron chi connectivity index (χ2n) is 5.80. The Morgan fingerprint density at radius 1 is 1.10 bits per heavy atom. The van der Waals surface area contributed by atoms with Crippen molar-refractivity contribution in [1.82, 2.24) is 9.55 Å². The summed E-state index contributed by atoms with van der Waals surface area (Å²) >= 11 is 0. The van der Waals surface area contributed by atoms with Gasteiger partial charge in [-0.2, -0.15) is 0 Å². The van der Waals surface area contributed by atoms with Gasteiger partial charge in [-0.3, -0.25) is 4.98 Å². The number of rotatable bonds is 4. The van der Waals surface area contributed by atoms with Crippen LogP contribution in [0, 0.1) is 0 Å². The summed E-state index contributed by atoms with van der Waals surface area (Å²) in [6.07, 6.45) is 9.55. The van der Waals surface area contributed by atoms with E-state index >= 15 is 0 Å². The van der Waals surface area contributed by atoms with E-state index in [1.165, 1.54) is 40.4 Å². The van der Waals surface area contributed by atoms with E-state index in [0.29, 0.717) is 12.6 Å². The largest absolute Gasteiger partial charge is 0.344 e. The van der Waals surface area contributed by atoms with Crippen molar-refractivity contribution in [2.75, 3.05) is 6.54 Å². The topological polar surface area (TPSA) is 43.8 Å². The van der Waals surface area contributed by atoms with Gasteiger partial charge in [-0.15, -0.1) is 0 Å². The van der Waals surface area contributed by atoms with Crippen LogP contribution in [0.2, 0.25) is 0 Å². The summed E-state index contributed by atoms with van der Waals surface area (Å²) in [7, 11) is 0. The van der Waals surface area contributed by atoms with Gasteiger partial charge >= 0.3 is 0 Å². The van der Waals surface area contributed by atoms with Crippen LogP contribution < -0.4 is 5.73 Å². The maximum Gasteiger partial charge on any atom is 0.0491 e. The molecule has 1 saturated carbocycles. The van der Waals surface area contributed by atoms with Gasteiger partial charge in [-0.25, -0.2) is 0 Å². The quantitative estimate of drug-likeness (QED) is 0.792. The van der Waals surface area contributed by atoms with Crippen LogP contribution in [0.25, 0.3) is 22.0 Å². The minimum Gasteiger partial charge on any atom is -0.344 e. The monoisotopic (exact) mass is 277 g/mol. The number of nitrogens with zero attached hydrogens (tertiary/aromatic N) is 2. The van der Waals surface area contributed by atoms with E-state index in [2.05, 4.69) is 46.1 Å². The molecule has 0 amide bonds. The number of hydrogen-bond acceptors (Lipinski definition) is 2. The fourth-order valence-corrected chi connectivity index (χ4v) is 3.06. The number of aromatic nitrogens is 2. The zero-order valence-electron chi connectivity index (χ0n) is 12.0. The normalized spacial score (nSPS) is 14.7. The van der Waals surface area contributed by atoms with Crippen molar-refractivity contribution in [3.05, 3.63) is 54.5 Å². The number of fused-ring (bicyclic) bond motifs is 1. The SMILES string of the molecule is NCCc1cn(C2CC2)c2cc(-c3ccncc3)ccc12. The van der Waals surface area contributed by atoms with Gasteiger partial charge in [-0.1, -0.05) is 12.1 Å². The molecule has 0 atom stereocenters. The van der Waals surface area contributed by atoms with E-state index in [-0.39, 0.29) is 0 Å². The Kier molecular flexibility index (Phi) is 3.00. The smallest absolute Gasteiger partial charge is 0.0491 e. The van der Waals surface area contributed by atoms with Crippen LogP contribution in [0.4, 0.5) is 0 Å². The highest BCUT2D eigenvalue weighted by atomic mass is 15.0. The molecule has 0 spiro atoms. The van der Waals surface area contributed by atoms with Crippen molar-refractivity contribution in [1.29, 1.82) is 0 Å². The van der Waals surface area contributed by atoms with Crippen LogP contribution in [0.5, 0.6) is 0 Å². The van der Waals surface area contributed by atoms with E-state index in [9.17, 15) is 0 Å². The molecule has 0 unspecified atom stereocenters. The van der Waals surface area contributed by atoms with Gasteiger partial charge in [-0.05, 0) is 60.7 Å². The van der Waals surface area contributed by atoms with Crippen molar-refractivity contribution >= 4 is 10.9 Å². The van der Waals surface area contributed by atoms with E-state index < -0.39 is 0 Å². The Labute approximate surface area is 124 Å². The third kappa shape index (κ3) is 2.24. The van der Waals surface area contributed by atoms with Gasteiger partial charge < -0.3 is 10.3 Å². The lowest BCUT2D eigenvalue weighted by atomic mass is 10.0. The first-order chi connectivity index (χ1) is 10.4. The molecule has 0 saturated heterocycles. The van der Waals surface area contributed by atoms with Gasteiger partial charge in [0.2, 0.25) is 0 Å². The molecule has 3 nitrogen and oxygen atoms in total. The zero-order chi connectivity index (χ0) is 14.2. The number of nitrogens with two attached hydrogens (primary N) is 1. The predicted molar refractivity (Wildman–Crippen MR) is 86.2 cm³/mol. The summed E-state index contributed by atoms with van der Waals surface area (Å²) in [6, 6.07) is 11.6. The Balaban J connectivity index is 1.88. The molecule has 21 heavy (non-hydrogen) atoms. The van der Waals surface area contributed by atoms with Crippen molar-refractivity contribution in [3.63, 3.8) is 0 Å². The van der Waals surface area contributed by atoms with Crippen molar-refractivity contribution < 1.29 is 0 Å². The minimum absolute atomic E-state index is 0.687. The van der Waals surface area contributed by atoms with Gasteiger partial charge in [0.05, 0.1) is 0 Å². The highest BCUT2D eigenvalue weighted by Gasteiger charge is 2.25. The Bertz CT molecular complexity index is 770. The summed E-state index contributed by atoms with van der Waals surface area (Å²) in [5.41, 5.74) is 10.9. The molecule has 1 aromatic carbocycles. The third-order valence-corrected chi connectivity index (χ3v) is 4.28. The van der Waals surface area contributed by atoms with E-state index in [4.69, 9.17) is 5.73 Å². The Morgan fingerprint density at radius 3 is 2.62 bits per heavy atom. The van der Waals surface area contributed by atoms with Crippen molar-refractivity contribution in [3.8, 4) is 11.1 Å². The molecule has 0 bridgehead atoms. The lowest BCUT2D eigenvalue weighted by Crippen LogP contribution is -2.02. The molecule has 4 rings (SSSR count). The number of pyridine rings is 1. The molecule has 2 heterocycles. The molecule has 1 aliphatic carbocycles. The summed E-state index contributed by atoms with van der Waals surface area (Å²) < 4.78 is 2.45. The molecule has 0 aliphatic heterocycles. The molecule has 106 valence electrons. The van der Waals surface area contributed by atoms with Crippen LogP contribution in [-0.4, -0.2) is 16.1 Å².